The summed E-state index contributed by atoms with van der Waals surface area (Å²) in [6.45, 7) is 4.47. The summed E-state index contributed by atoms with van der Waals surface area (Å²) in [5.74, 6) is 0.756. The van der Waals surface area contributed by atoms with Gasteiger partial charge in [-0.05, 0) is 61.6 Å². The Bertz CT molecular complexity index is 362. The normalized spacial score (nSPS) is 24.9. The minimum absolute atomic E-state index is 0.502. The molecule has 2 rings (SSSR count). The van der Waals surface area contributed by atoms with Crippen LogP contribution in [0.5, 0.6) is 0 Å². The van der Waals surface area contributed by atoms with Gasteiger partial charge in [0.1, 0.15) is 0 Å². The average molecular weight is 232 g/mol. The number of hydrogen-bond acceptors (Lipinski definition) is 1. The van der Waals surface area contributed by atoms with Gasteiger partial charge in [-0.2, -0.15) is 0 Å². The maximum atomic E-state index is 5.44. The fraction of sp³-hybridized carbons (Fsp3) is 0.625. The van der Waals surface area contributed by atoms with Crippen molar-refractivity contribution in [3.8, 4) is 0 Å². The van der Waals surface area contributed by atoms with Gasteiger partial charge in [0.2, 0.25) is 0 Å². The lowest BCUT2D eigenvalue weighted by atomic mass is 9.82. The number of hydrogen-bond donors (Lipinski definition) is 0. The molecule has 0 spiro atoms. The molecule has 1 aromatic carbocycles. The first kappa shape index (κ1) is 12.6. The van der Waals surface area contributed by atoms with Crippen LogP contribution in [0.3, 0.4) is 0 Å². The molecule has 1 fully saturated rings. The molecule has 1 aliphatic carbocycles. The smallest absolute Gasteiger partial charge is 0.0571 e. The van der Waals surface area contributed by atoms with Crippen LogP contribution in [0.25, 0.3) is 0 Å². The molecule has 1 aliphatic rings. The highest BCUT2D eigenvalue weighted by atomic mass is 16.5. The van der Waals surface area contributed by atoms with Crippen molar-refractivity contribution in [2.24, 2.45) is 0 Å². The van der Waals surface area contributed by atoms with E-state index < -0.39 is 0 Å². The average Bonchev–Trinajstić information content (AvgIpc) is 2.39. The molecule has 0 heterocycles. The van der Waals surface area contributed by atoms with Crippen molar-refractivity contribution in [1.82, 2.24) is 0 Å². The Kier molecular flexibility index (Phi) is 4.22. The molecule has 0 bridgehead atoms. The highest BCUT2D eigenvalue weighted by molar-refractivity contribution is 5.33. The standard InChI is InChI=1S/C16H24O/c1-4-13-5-6-15(11-12(13)2)14-7-9-16(17-3)10-8-14/h5-6,11,14,16H,4,7-10H2,1-3H3. The fourth-order valence-corrected chi connectivity index (χ4v) is 3.00. The molecule has 0 amide bonds. The number of ether oxygens (including phenoxy) is 1. The Morgan fingerprint density at radius 1 is 1.18 bits per heavy atom. The van der Waals surface area contributed by atoms with E-state index in [1.807, 2.05) is 7.11 Å². The van der Waals surface area contributed by atoms with Gasteiger partial charge in [-0.3, -0.25) is 0 Å². The Hall–Kier alpha value is -0.820. The van der Waals surface area contributed by atoms with Crippen LogP contribution in [-0.2, 0) is 11.2 Å². The zero-order valence-electron chi connectivity index (χ0n) is 11.3. The van der Waals surface area contributed by atoms with E-state index in [1.165, 1.54) is 42.4 Å². The zero-order valence-corrected chi connectivity index (χ0v) is 11.3. The molecule has 17 heavy (non-hydrogen) atoms. The third-order valence-corrected chi connectivity index (χ3v) is 4.23. The summed E-state index contributed by atoms with van der Waals surface area (Å²) < 4.78 is 5.44. The molecule has 1 nitrogen and oxygen atoms in total. The largest absolute Gasteiger partial charge is 0.381 e. The Labute approximate surface area is 105 Å². The lowest BCUT2D eigenvalue weighted by Crippen LogP contribution is -2.19. The zero-order chi connectivity index (χ0) is 12.3. The second-order valence-electron chi connectivity index (χ2n) is 5.25. The topological polar surface area (TPSA) is 9.23 Å². The molecule has 94 valence electrons. The molecule has 0 saturated heterocycles. The Balaban J connectivity index is 2.06. The second-order valence-corrected chi connectivity index (χ2v) is 5.25. The van der Waals surface area contributed by atoms with E-state index in [2.05, 4.69) is 32.0 Å². The molecular formula is C16H24O. The summed E-state index contributed by atoms with van der Waals surface area (Å²) in [6, 6.07) is 7.05. The molecule has 0 radical (unpaired) electrons. The van der Waals surface area contributed by atoms with E-state index in [9.17, 15) is 0 Å². The summed E-state index contributed by atoms with van der Waals surface area (Å²) >= 11 is 0. The lowest BCUT2D eigenvalue weighted by Gasteiger charge is -2.28. The summed E-state index contributed by atoms with van der Waals surface area (Å²) in [4.78, 5) is 0. The molecular weight excluding hydrogens is 208 g/mol. The van der Waals surface area contributed by atoms with Crippen molar-refractivity contribution in [1.29, 1.82) is 0 Å². The molecule has 0 unspecified atom stereocenters. The molecule has 0 atom stereocenters. The third kappa shape index (κ3) is 2.90. The van der Waals surface area contributed by atoms with E-state index in [-0.39, 0.29) is 0 Å². The maximum Gasteiger partial charge on any atom is 0.0571 e. The first-order valence-corrected chi connectivity index (χ1v) is 6.86. The first-order chi connectivity index (χ1) is 8.24. The summed E-state index contributed by atoms with van der Waals surface area (Å²) in [6.07, 6.45) is 6.64. The van der Waals surface area contributed by atoms with Gasteiger partial charge >= 0.3 is 0 Å². The lowest BCUT2D eigenvalue weighted by molar-refractivity contribution is 0.0658. The van der Waals surface area contributed by atoms with Crippen molar-refractivity contribution >= 4 is 0 Å². The molecule has 0 N–H and O–H groups in total. The highest BCUT2D eigenvalue weighted by Gasteiger charge is 2.22. The van der Waals surface area contributed by atoms with Gasteiger partial charge in [-0.15, -0.1) is 0 Å². The molecule has 0 aliphatic heterocycles. The van der Waals surface area contributed by atoms with Crippen LogP contribution in [0.15, 0.2) is 18.2 Å². The van der Waals surface area contributed by atoms with E-state index in [4.69, 9.17) is 4.74 Å². The maximum absolute atomic E-state index is 5.44. The van der Waals surface area contributed by atoms with E-state index >= 15 is 0 Å². The second kappa shape index (κ2) is 5.68. The number of rotatable bonds is 3. The van der Waals surface area contributed by atoms with Crippen molar-refractivity contribution in [2.45, 2.75) is 58.0 Å². The number of methoxy groups -OCH3 is 1. The van der Waals surface area contributed by atoms with Gasteiger partial charge in [0, 0.05) is 7.11 Å². The van der Waals surface area contributed by atoms with Crippen LogP contribution >= 0.6 is 0 Å². The monoisotopic (exact) mass is 232 g/mol. The van der Waals surface area contributed by atoms with Crippen LogP contribution in [0.1, 0.15) is 55.2 Å². The first-order valence-electron chi connectivity index (χ1n) is 6.86. The molecule has 1 aromatic rings. The summed E-state index contributed by atoms with van der Waals surface area (Å²) in [5, 5.41) is 0. The van der Waals surface area contributed by atoms with Gasteiger partial charge in [-0.1, -0.05) is 25.1 Å². The van der Waals surface area contributed by atoms with E-state index in [1.54, 1.807) is 0 Å². The fourth-order valence-electron chi connectivity index (χ4n) is 3.00. The van der Waals surface area contributed by atoms with Crippen LogP contribution in [0, 0.1) is 6.92 Å². The minimum atomic E-state index is 0.502. The Morgan fingerprint density at radius 3 is 2.41 bits per heavy atom. The quantitative estimate of drug-likeness (QED) is 0.757. The summed E-state index contributed by atoms with van der Waals surface area (Å²) in [7, 11) is 1.84. The summed E-state index contributed by atoms with van der Waals surface area (Å²) in [5.41, 5.74) is 4.48. The van der Waals surface area contributed by atoms with Gasteiger partial charge in [0.15, 0.2) is 0 Å². The van der Waals surface area contributed by atoms with Crippen molar-refractivity contribution in [3.05, 3.63) is 34.9 Å². The molecule has 0 aromatic heterocycles. The van der Waals surface area contributed by atoms with Crippen LogP contribution < -0.4 is 0 Å². The van der Waals surface area contributed by atoms with Crippen molar-refractivity contribution < 1.29 is 4.74 Å². The van der Waals surface area contributed by atoms with Gasteiger partial charge < -0.3 is 4.74 Å². The van der Waals surface area contributed by atoms with Crippen LogP contribution in [0.2, 0.25) is 0 Å². The van der Waals surface area contributed by atoms with Crippen LogP contribution in [-0.4, -0.2) is 13.2 Å². The Morgan fingerprint density at radius 2 is 1.88 bits per heavy atom. The number of aryl methyl sites for hydroxylation is 2. The van der Waals surface area contributed by atoms with Crippen molar-refractivity contribution in [2.75, 3.05) is 7.11 Å². The van der Waals surface area contributed by atoms with Crippen molar-refractivity contribution in [3.63, 3.8) is 0 Å². The predicted molar refractivity (Wildman–Crippen MR) is 72.6 cm³/mol. The van der Waals surface area contributed by atoms with Crippen LogP contribution in [0.4, 0.5) is 0 Å². The molecule has 1 saturated carbocycles. The predicted octanol–water partition coefficient (Wildman–Crippen LogP) is 4.23. The van der Waals surface area contributed by atoms with E-state index in [0.717, 1.165) is 12.3 Å². The van der Waals surface area contributed by atoms with Gasteiger partial charge in [-0.25, -0.2) is 0 Å². The van der Waals surface area contributed by atoms with E-state index in [0.29, 0.717) is 6.10 Å². The minimum Gasteiger partial charge on any atom is -0.381 e. The molecule has 1 heteroatoms. The van der Waals surface area contributed by atoms with Gasteiger partial charge in [0.05, 0.1) is 6.10 Å². The number of benzene rings is 1. The highest BCUT2D eigenvalue weighted by Crippen LogP contribution is 2.34. The van der Waals surface area contributed by atoms with Gasteiger partial charge in [0.25, 0.3) is 0 Å². The third-order valence-electron chi connectivity index (χ3n) is 4.23. The SMILES string of the molecule is CCc1ccc(C2CCC(OC)CC2)cc1C.